The Morgan fingerprint density at radius 2 is 1.85 bits per heavy atom. The third-order valence-electron chi connectivity index (χ3n) is 6.38. The van der Waals surface area contributed by atoms with E-state index in [1.165, 1.54) is 7.11 Å². The first-order chi connectivity index (χ1) is 15.9. The molecule has 8 heteroatoms. The molecule has 6 nitrogen and oxygen atoms in total. The number of dihydropyridines is 1. The summed E-state index contributed by atoms with van der Waals surface area (Å²) in [5.74, 6) is 0.149. The molecule has 5 rings (SSSR count). The van der Waals surface area contributed by atoms with Crippen LogP contribution in [0.1, 0.15) is 42.7 Å². The van der Waals surface area contributed by atoms with E-state index in [4.69, 9.17) is 25.8 Å². The number of methoxy groups -OCH3 is 1. The number of allylic oxidation sites excluding steroid dienone is 3. The number of carbonyl (C=O) groups is 2. The summed E-state index contributed by atoms with van der Waals surface area (Å²) in [7, 11) is 1.34. The van der Waals surface area contributed by atoms with Gasteiger partial charge in [-0.15, -0.1) is 0 Å². The molecule has 2 heterocycles. The number of fused-ring (bicyclic) bond motifs is 1. The van der Waals surface area contributed by atoms with E-state index in [1.54, 1.807) is 0 Å². The van der Waals surface area contributed by atoms with Gasteiger partial charge in [-0.2, -0.15) is 0 Å². The molecule has 0 amide bonds. The molecule has 0 spiro atoms. The molecule has 0 saturated heterocycles. The highest BCUT2D eigenvalue weighted by molar-refractivity contribution is 9.10. The molecule has 1 N–H and O–H groups in total. The van der Waals surface area contributed by atoms with E-state index in [9.17, 15) is 9.59 Å². The second kappa shape index (κ2) is 8.54. The molecule has 1 aliphatic carbocycles. The summed E-state index contributed by atoms with van der Waals surface area (Å²) in [6.45, 7) is 1.96. The number of ketones is 1. The third kappa shape index (κ3) is 3.83. The maximum absolute atomic E-state index is 13.6. The van der Waals surface area contributed by atoms with Crippen LogP contribution in [-0.4, -0.2) is 25.7 Å². The lowest BCUT2D eigenvalue weighted by molar-refractivity contribution is -0.136. The van der Waals surface area contributed by atoms with E-state index in [0.717, 1.165) is 21.3 Å². The minimum Gasteiger partial charge on any atom is -0.466 e. The van der Waals surface area contributed by atoms with Crippen LogP contribution in [0.2, 0.25) is 5.02 Å². The van der Waals surface area contributed by atoms with Crippen molar-refractivity contribution in [3.63, 3.8) is 0 Å². The molecule has 0 aromatic heterocycles. The van der Waals surface area contributed by atoms with Crippen molar-refractivity contribution in [2.24, 2.45) is 0 Å². The first-order valence-corrected chi connectivity index (χ1v) is 11.7. The minimum atomic E-state index is -0.587. The number of esters is 1. The molecule has 0 unspecified atom stereocenters. The number of rotatable bonds is 3. The molecule has 0 saturated carbocycles. The lowest BCUT2D eigenvalue weighted by Gasteiger charge is -2.37. The smallest absolute Gasteiger partial charge is 0.336 e. The van der Waals surface area contributed by atoms with E-state index in [0.29, 0.717) is 46.2 Å². The van der Waals surface area contributed by atoms with E-state index in [1.807, 2.05) is 43.3 Å². The van der Waals surface area contributed by atoms with Crippen LogP contribution in [0.25, 0.3) is 0 Å². The van der Waals surface area contributed by atoms with Crippen molar-refractivity contribution >= 4 is 39.3 Å². The first-order valence-electron chi connectivity index (χ1n) is 10.5. The van der Waals surface area contributed by atoms with Crippen molar-refractivity contribution in [3.8, 4) is 11.5 Å². The largest absolute Gasteiger partial charge is 0.466 e. The number of ether oxygens (including phenoxy) is 3. The number of nitrogens with one attached hydrogen (secondary N) is 1. The monoisotopic (exact) mass is 529 g/mol. The van der Waals surface area contributed by atoms with Crippen LogP contribution in [0.5, 0.6) is 11.5 Å². The van der Waals surface area contributed by atoms with Crippen LogP contribution in [0.3, 0.4) is 0 Å². The second-order valence-electron chi connectivity index (χ2n) is 8.29. The quantitative estimate of drug-likeness (QED) is 0.538. The van der Waals surface area contributed by atoms with E-state index in [2.05, 4.69) is 21.2 Å². The topological polar surface area (TPSA) is 73.9 Å². The van der Waals surface area contributed by atoms with E-state index >= 15 is 0 Å². The van der Waals surface area contributed by atoms with Gasteiger partial charge in [0.1, 0.15) is 0 Å². The summed E-state index contributed by atoms with van der Waals surface area (Å²) in [6.07, 6.45) is 0.988. The molecule has 2 aliphatic heterocycles. The fourth-order valence-corrected chi connectivity index (χ4v) is 5.53. The summed E-state index contributed by atoms with van der Waals surface area (Å²) < 4.78 is 16.9. The molecule has 2 aromatic carbocycles. The Balaban J connectivity index is 1.63. The van der Waals surface area contributed by atoms with Crippen molar-refractivity contribution in [2.75, 3.05) is 13.9 Å². The maximum atomic E-state index is 13.6. The van der Waals surface area contributed by atoms with Gasteiger partial charge in [0.2, 0.25) is 6.79 Å². The van der Waals surface area contributed by atoms with Gasteiger partial charge in [-0.25, -0.2) is 4.79 Å². The van der Waals surface area contributed by atoms with Crippen molar-refractivity contribution in [1.29, 1.82) is 0 Å². The Hall–Kier alpha value is -2.77. The zero-order chi connectivity index (χ0) is 23.3. The molecule has 0 bridgehead atoms. The highest BCUT2D eigenvalue weighted by atomic mass is 79.9. The Labute approximate surface area is 204 Å². The summed E-state index contributed by atoms with van der Waals surface area (Å²) in [5.41, 5.74) is 4.30. The Kier molecular flexibility index (Phi) is 5.70. The number of benzene rings is 2. The zero-order valence-corrected chi connectivity index (χ0v) is 20.4. The van der Waals surface area contributed by atoms with E-state index < -0.39 is 11.9 Å². The molecule has 33 heavy (non-hydrogen) atoms. The fraction of sp³-hybridized carbons (Fsp3) is 0.280. The lowest BCUT2D eigenvalue weighted by atomic mass is 9.71. The first kappa shape index (κ1) is 22.0. The lowest BCUT2D eigenvalue weighted by Crippen LogP contribution is -2.36. The minimum absolute atomic E-state index is 0.00725. The number of Topliss-reactive ketones (excluding diaryl/α,β-unsaturated/α-hetero) is 1. The van der Waals surface area contributed by atoms with Gasteiger partial charge in [-0.05, 0) is 54.7 Å². The number of halogens is 2. The van der Waals surface area contributed by atoms with Gasteiger partial charge in [-0.1, -0.05) is 39.7 Å². The highest BCUT2D eigenvalue weighted by Gasteiger charge is 2.42. The molecular weight excluding hydrogens is 510 g/mol. The van der Waals surface area contributed by atoms with Gasteiger partial charge in [0.15, 0.2) is 17.3 Å². The Morgan fingerprint density at radius 3 is 2.55 bits per heavy atom. The third-order valence-corrected chi connectivity index (χ3v) is 7.32. The normalized spacial score (nSPS) is 21.6. The van der Waals surface area contributed by atoms with Gasteiger partial charge in [0.25, 0.3) is 0 Å². The van der Waals surface area contributed by atoms with E-state index in [-0.39, 0.29) is 18.5 Å². The molecule has 2 aromatic rings. The second-order valence-corrected chi connectivity index (χ2v) is 9.58. The highest BCUT2D eigenvalue weighted by Crippen LogP contribution is 2.49. The summed E-state index contributed by atoms with van der Waals surface area (Å²) in [5, 5.41) is 4.00. The molecule has 0 radical (unpaired) electrons. The van der Waals surface area contributed by atoms with Gasteiger partial charge in [0, 0.05) is 38.8 Å². The van der Waals surface area contributed by atoms with Crippen LogP contribution in [-0.2, 0) is 14.3 Å². The average Bonchev–Trinajstić information content (AvgIpc) is 3.24. The van der Waals surface area contributed by atoms with Crippen LogP contribution < -0.4 is 14.8 Å². The molecular formula is C25H21BrClNO5. The zero-order valence-electron chi connectivity index (χ0n) is 18.0. The van der Waals surface area contributed by atoms with Crippen LogP contribution in [0.15, 0.2) is 63.4 Å². The van der Waals surface area contributed by atoms with Gasteiger partial charge in [0.05, 0.1) is 12.7 Å². The summed E-state index contributed by atoms with van der Waals surface area (Å²) >= 11 is 9.67. The van der Waals surface area contributed by atoms with Gasteiger partial charge in [-0.3, -0.25) is 4.79 Å². The predicted octanol–water partition coefficient (Wildman–Crippen LogP) is 5.37. The molecule has 0 fully saturated rings. The van der Waals surface area contributed by atoms with Crippen molar-refractivity contribution in [1.82, 2.24) is 5.32 Å². The number of hydrogen-bond donors (Lipinski definition) is 1. The van der Waals surface area contributed by atoms with Crippen LogP contribution in [0.4, 0.5) is 0 Å². The van der Waals surface area contributed by atoms with Crippen molar-refractivity contribution in [3.05, 3.63) is 79.6 Å². The van der Waals surface area contributed by atoms with Crippen LogP contribution in [0, 0.1) is 0 Å². The summed E-state index contributed by atoms with van der Waals surface area (Å²) in [6, 6.07) is 11.3. The average molecular weight is 531 g/mol. The Morgan fingerprint density at radius 1 is 1.15 bits per heavy atom. The summed E-state index contributed by atoms with van der Waals surface area (Å²) in [4.78, 5) is 26.5. The molecule has 170 valence electrons. The fourth-order valence-electron chi connectivity index (χ4n) is 4.86. The van der Waals surface area contributed by atoms with Crippen molar-refractivity contribution < 1.29 is 23.8 Å². The van der Waals surface area contributed by atoms with Gasteiger partial charge >= 0.3 is 5.97 Å². The molecule has 3 aliphatic rings. The number of hydrogen-bond acceptors (Lipinski definition) is 6. The van der Waals surface area contributed by atoms with Crippen LogP contribution >= 0.6 is 27.5 Å². The van der Waals surface area contributed by atoms with Gasteiger partial charge < -0.3 is 19.5 Å². The van der Waals surface area contributed by atoms with Crippen molar-refractivity contribution in [2.45, 2.75) is 31.6 Å². The maximum Gasteiger partial charge on any atom is 0.336 e. The SMILES string of the molecule is COC(=O)C1=C(C)NC2=C(C(=O)C[C@H](c3ccc(Cl)cc3)C2)[C@@H]1c1cc2c(cc1Br)OCO2. The predicted molar refractivity (Wildman–Crippen MR) is 126 cm³/mol. The Bertz CT molecular complexity index is 1230. The standard InChI is InChI=1S/C25H21BrClNO5/c1-12-22(25(30)31-2)23(16-9-20-21(10-17(16)26)33-11-32-20)24-18(28-12)7-14(8-19(24)29)13-3-5-15(27)6-4-13/h3-6,9-10,14,23,28H,7-8,11H2,1-2H3/t14-,23-/m1/s1. The number of carbonyl (C=O) groups excluding carboxylic acids is 2. The molecule has 2 atom stereocenters.